The zero-order chi connectivity index (χ0) is 15.9. The minimum absolute atomic E-state index is 0.0482. The Kier molecular flexibility index (Phi) is 6.40. The van der Waals surface area contributed by atoms with E-state index in [1.807, 2.05) is 13.8 Å². The Morgan fingerprint density at radius 2 is 2.29 bits per heavy atom. The number of nitriles is 1. The summed E-state index contributed by atoms with van der Waals surface area (Å²) in [6.07, 6.45) is 1.34. The first-order chi connectivity index (χ1) is 9.91. The van der Waals surface area contributed by atoms with E-state index in [1.54, 1.807) is 0 Å². The van der Waals surface area contributed by atoms with Gasteiger partial charge in [-0.2, -0.15) is 5.26 Å². The lowest BCUT2D eigenvalue weighted by molar-refractivity contribution is -0.384. The number of hydrogen-bond donors (Lipinski definition) is 1. The van der Waals surface area contributed by atoms with E-state index in [2.05, 4.69) is 11.4 Å². The Hall–Kier alpha value is -1.84. The molecule has 6 nitrogen and oxygen atoms in total. The molecule has 0 saturated carbocycles. The van der Waals surface area contributed by atoms with Crippen molar-refractivity contribution >= 4 is 17.3 Å². The molecule has 0 aliphatic heterocycles. The van der Waals surface area contributed by atoms with Gasteiger partial charge in [0.15, 0.2) is 0 Å². The average molecular weight is 312 g/mol. The molecular formula is C14H18ClN3O3. The maximum Gasteiger partial charge on any atom is 0.288 e. The van der Waals surface area contributed by atoms with Gasteiger partial charge in [-0.05, 0) is 32.4 Å². The van der Waals surface area contributed by atoms with Crippen LogP contribution in [-0.4, -0.2) is 23.6 Å². The Labute approximate surface area is 128 Å². The van der Waals surface area contributed by atoms with Crippen molar-refractivity contribution in [2.75, 3.05) is 13.2 Å². The van der Waals surface area contributed by atoms with Crippen LogP contribution in [0.25, 0.3) is 0 Å². The molecule has 0 bridgehead atoms. The largest absolute Gasteiger partial charge is 0.494 e. The van der Waals surface area contributed by atoms with Gasteiger partial charge < -0.3 is 4.74 Å². The van der Waals surface area contributed by atoms with E-state index >= 15 is 0 Å². The van der Waals surface area contributed by atoms with Crippen LogP contribution >= 0.6 is 11.6 Å². The molecule has 0 amide bonds. The van der Waals surface area contributed by atoms with Crippen LogP contribution in [0.15, 0.2) is 18.2 Å². The smallest absolute Gasteiger partial charge is 0.288 e. The number of benzene rings is 1. The summed E-state index contributed by atoms with van der Waals surface area (Å²) >= 11 is 5.80. The Morgan fingerprint density at radius 3 is 2.81 bits per heavy atom. The molecule has 1 aromatic carbocycles. The minimum atomic E-state index is -0.564. The summed E-state index contributed by atoms with van der Waals surface area (Å²) in [5.41, 5.74) is -0.709. The van der Waals surface area contributed by atoms with Gasteiger partial charge in [-0.3, -0.25) is 15.4 Å². The van der Waals surface area contributed by atoms with Gasteiger partial charge in [-0.1, -0.05) is 18.5 Å². The zero-order valence-corrected chi connectivity index (χ0v) is 12.8. The highest BCUT2D eigenvalue weighted by atomic mass is 35.5. The maximum absolute atomic E-state index is 10.6. The molecule has 114 valence electrons. The van der Waals surface area contributed by atoms with Crippen molar-refractivity contribution in [3.63, 3.8) is 0 Å². The fourth-order valence-electron chi connectivity index (χ4n) is 1.92. The molecule has 0 radical (unpaired) electrons. The minimum Gasteiger partial charge on any atom is -0.494 e. The van der Waals surface area contributed by atoms with Crippen LogP contribution in [0.2, 0.25) is 5.02 Å². The number of nitrogens with one attached hydrogen (secondary N) is 1. The summed E-state index contributed by atoms with van der Waals surface area (Å²) in [6, 6.07) is 6.50. The molecule has 0 saturated heterocycles. The standard InChI is InChI=1S/C14H18ClN3O3/c1-3-17-14(2,10-16)7-4-8-21-11-5-6-13(18(19)20)12(15)9-11/h5-6,9,17H,3-4,7-8H2,1-2H3. The second kappa shape index (κ2) is 7.81. The van der Waals surface area contributed by atoms with Crippen LogP contribution in [0, 0.1) is 21.4 Å². The number of hydrogen-bond acceptors (Lipinski definition) is 5. The first-order valence-electron chi connectivity index (χ1n) is 6.65. The molecule has 0 aliphatic rings. The van der Waals surface area contributed by atoms with Crippen LogP contribution in [0.4, 0.5) is 5.69 Å². The lowest BCUT2D eigenvalue weighted by atomic mass is 9.98. The molecule has 0 aliphatic carbocycles. The van der Waals surface area contributed by atoms with Crippen LogP contribution in [0.5, 0.6) is 5.75 Å². The van der Waals surface area contributed by atoms with Gasteiger partial charge in [0.1, 0.15) is 16.3 Å². The van der Waals surface area contributed by atoms with Gasteiger partial charge in [0.2, 0.25) is 0 Å². The van der Waals surface area contributed by atoms with Crippen molar-refractivity contribution in [1.29, 1.82) is 5.26 Å². The SMILES string of the molecule is CCNC(C)(C#N)CCCOc1ccc([N+](=O)[O-])c(Cl)c1. The second-order valence-corrected chi connectivity index (χ2v) is 5.20. The molecular weight excluding hydrogens is 294 g/mol. The maximum atomic E-state index is 10.6. The molecule has 1 N–H and O–H groups in total. The number of nitrogens with zero attached hydrogens (tertiary/aromatic N) is 2. The number of ether oxygens (including phenoxy) is 1. The van der Waals surface area contributed by atoms with E-state index in [0.29, 0.717) is 25.2 Å². The Balaban J connectivity index is 2.48. The summed E-state index contributed by atoms with van der Waals surface area (Å²) < 4.78 is 5.50. The van der Waals surface area contributed by atoms with E-state index in [0.717, 1.165) is 6.54 Å². The summed E-state index contributed by atoms with van der Waals surface area (Å²) in [6.45, 7) is 4.93. The summed E-state index contributed by atoms with van der Waals surface area (Å²) in [5, 5.41) is 22.9. The molecule has 0 aromatic heterocycles. The Morgan fingerprint density at radius 1 is 1.57 bits per heavy atom. The van der Waals surface area contributed by atoms with Crippen molar-refractivity contribution in [1.82, 2.24) is 5.32 Å². The predicted molar refractivity (Wildman–Crippen MR) is 80.5 cm³/mol. The topological polar surface area (TPSA) is 88.2 Å². The van der Waals surface area contributed by atoms with Gasteiger partial charge in [-0.15, -0.1) is 0 Å². The quantitative estimate of drug-likeness (QED) is 0.452. The molecule has 0 fully saturated rings. The van der Waals surface area contributed by atoms with Gasteiger partial charge in [0.05, 0.1) is 17.6 Å². The Bertz CT molecular complexity index is 545. The number of nitro groups is 1. The molecule has 1 unspecified atom stereocenters. The van der Waals surface area contributed by atoms with Crippen molar-refractivity contribution in [3.8, 4) is 11.8 Å². The van der Waals surface area contributed by atoms with E-state index in [9.17, 15) is 10.1 Å². The molecule has 1 aromatic rings. The van der Waals surface area contributed by atoms with E-state index in [4.69, 9.17) is 21.6 Å². The zero-order valence-electron chi connectivity index (χ0n) is 12.1. The number of halogens is 1. The number of nitro benzene ring substituents is 1. The fourth-order valence-corrected chi connectivity index (χ4v) is 2.15. The third kappa shape index (κ3) is 5.21. The molecule has 1 rings (SSSR count). The van der Waals surface area contributed by atoms with Gasteiger partial charge in [0.25, 0.3) is 5.69 Å². The highest BCUT2D eigenvalue weighted by Crippen LogP contribution is 2.28. The van der Waals surface area contributed by atoms with Crippen LogP contribution in [-0.2, 0) is 0 Å². The number of rotatable bonds is 8. The van der Waals surface area contributed by atoms with Crippen LogP contribution < -0.4 is 10.1 Å². The molecule has 7 heteroatoms. The van der Waals surface area contributed by atoms with Crippen molar-refractivity contribution in [2.24, 2.45) is 0 Å². The van der Waals surface area contributed by atoms with Gasteiger partial charge >= 0.3 is 0 Å². The molecule has 0 spiro atoms. The molecule has 1 atom stereocenters. The lowest BCUT2D eigenvalue weighted by Crippen LogP contribution is -2.40. The summed E-state index contributed by atoms with van der Waals surface area (Å²) in [7, 11) is 0. The lowest BCUT2D eigenvalue weighted by Gasteiger charge is -2.22. The second-order valence-electron chi connectivity index (χ2n) is 4.80. The summed E-state index contributed by atoms with van der Waals surface area (Å²) in [5.74, 6) is 0.479. The van der Waals surface area contributed by atoms with E-state index < -0.39 is 10.5 Å². The highest BCUT2D eigenvalue weighted by molar-refractivity contribution is 6.32. The third-order valence-corrected chi connectivity index (χ3v) is 3.32. The first kappa shape index (κ1) is 17.2. The van der Waals surface area contributed by atoms with Gasteiger partial charge in [-0.25, -0.2) is 0 Å². The van der Waals surface area contributed by atoms with Crippen molar-refractivity contribution in [3.05, 3.63) is 33.3 Å². The van der Waals surface area contributed by atoms with Crippen LogP contribution in [0.1, 0.15) is 26.7 Å². The van der Waals surface area contributed by atoms with E-state index in [-0.39, 0.29) is 10.7 Å². The normalized spacial score (nSPS) is 13.2. The van der Waals surface area contributed by atoms with Crippen LogP contribution in [0.3, 0.4) is 0 Å². The highest BCUT2D eigenvalue weighted by Gasteiger charge is 2.21. The molecule has 0 heterocycles. The predicted octanol–water partition coefficient (Wildman–Crippen LogP) is 3.30. The van der Waals surface area contributed by atoms with Gasteiger partial charge in [0, 0.05) is 12.1 Å². The van der Waals surface area contributed by atoms with Crippen molar-refractivity contribution in [2.45, 2.75) is 32.2 Å². The molecule has 21 heavy (non-hydrogen) atoms. The average Bonchev–Trinajstić information content (AvgIpc) is 2.43. The van der Waals surface area contributed by atoms with E-state index in [1.165, 1.54) is 18.2 Å². The van der Waals surface area contributed by atoms with Crippen molar-refractivity contribution < 1.29 is 9.66 Å². The monoisotopic (exact) mass is 311 g/mol. The first-order valence-corrected chi connectivity index (χ1v) is 7.02. The third-order valence-electron chi connectivity index (χ3n) is 3.02. The fraction of sp³-hybridized carbons (Fsp3) is 0.500. The summed E-state index contributed by atoms with van der Waals surface area (Å²) in [4.78, 5) is 10.1.